The van der Waals surface area contributed by atoms with E-state index in [9.17, 15) is 4.79 Å². The van der Waals surface area contributed by atoms with Crippen LogP contribution in [0.15, 0.2) is 30.3 Å². The topological polar surface area (TPSA) is 35.6 Å². The van der Waals surface area contributed by atoms with Gasteiger partial charge in [-0.15, -0.1) is 0 Å². The van der Waals surface area contributed by atoms with Crippen LogP contribution in [0, 0.1) is 0 Å². The maximum Gasteiger partial charge on any atom is 0.234 e. The molecule has 1 aliphatic rings. The van der Waals surface area contributed by atoms with Crippen molar-refractivity contribution in [1.82, 2.24) is 15.1 Å². The summed E-state index contributed by atoms with van der Waals surface area (Å²) in [4.78, 5) is 16.8. The molecule has 0 spiro atoms. The molecule has 0 radical (unpaired) electrons. The van der Waals surface area contributed by atoms with Crippen LogP contribution < -0.4 is 5.32 Å². The SMILES string of the molecule is CC(CCc1ccccc1)NC(=O)CN(C)C1CCN(C)CC1. The molecule has 1 unspecified atom stereocenters. The molecule has 1 atom stereocenters. The zero-order valence-electron chi connectivity index (χ0n) is 14.8. The van der Waals surface area contributed by atoms with Crippen molar-refractivity contribution in [3.05, 3.63) is 35.9 Å². The fourth-order valence-corrected chi connectivity index (χ4v) is 3.21. The normalized spacial score (nSPS) is 18.1. The Kier molecular flexibility index (Phi) is 7.06. The van der Waals surface area contributed by atoms with Crippen molar-refractivity contribution in [3.8, 4) is 0 Å². The molecule has 23 heavy (non-hydrogen) atoms. The van der Waals surface area contributed by atoms with Crippen molar-refractivity contribution in [2.24, 2.45) is 0 Å². The van der Waals surface area contributed by atoms with Crippen molar-refractivity contribution in [2.75, 3.05) is 33.7 Å². The summed E-state index contributed by atoms with van der Waals surface area (Å²) in [5, 5.41) is 3.14. The molecule has 1 aliphatic heterocycles. The van der Waals surface area contributed by atoms with Gasteiger partial charge in [0.15, 0.2) is 0 Å². The summed E-state index contributed by atoms with van der Waals surface area (Å²) in [5.74, 6) is 0.145. The van der Waals surface area contributed by atoms with Crippen molar-refractivity contribution < 1.29 is 4.79 Å². The largest absolute Gasteiger partial charge is 0.353 e. The molecule has 0 saturated carbocycles. The fourth-order valence-electron chi connectivity index (χ4n) is 3.21. The summed E-state index contributed by atoms with van der Waals surface area (Å²) < 4.78 is 0. The van der Waals surface area contributed by atoms with E-state index in [4.69, 9.17) is 0 Å². The average molecular weight is 317 g/mol. The highest BCUT2D eigenvalue weighted by molar-refractivity contribution is 5.78. The third-order valence-corrected chi connectivity index (χ3v) is 4.82. The smallest absolute Gasteiger partial charge is 0.234 e. The predicted octanol–water partition coefficient (Wildman–Crippen LogP) is 2.15. The first-order valence-corrected chi connectivity index (χ1v) is 8.76. The number of nitrogens with one attached hydrogen (secondary N) is 1. The molecule has 128 valence electrons. The Balaban J connectivity index is 1.67. The Bertz CT molecular complexity index is 469. The number of amides is 1. The van der Waals surface area contributed by atoms with Gasteiger partial charge in [0.1, 0.15) is 0 Å². The van der Waals surface area contributed by atoms with Gasteiger partial charge in [-0.1, -0.05) is 30.3 Å². The van der Waals surface area contributed by atoms with E-state index in [0.717, 1.165) is 38.8 Å². The molecule has 1 aromatic carbocycles. The minimum atomic E-state index is 0.145. The lowest BCUT2D eigenvalue weighted by molar-refractivity contribution is -0.123. The van der Waals surface area contributed by atoms with Crippen LogP contribution >= 0.6 is 0 Å². The summed E-state index contributed by atoms with van der Waals surface area (Å²) in [5.41, 5.74) is 1.33. The second-order valence-electron chi connectivity index (χ2n) is 6.94. The van der Waals surface area contributed by atoms with E-state index in [0.29, 0.717) is 12.6 Å². The second kappa shape index (κ2) is 9.04. The molecule has 1 amide bonds. The fraction of sp³-hybridized carbons (Fsp3) is 0.632. The van der Waals surface area contributed by atoms with Gasteiger partial charge in [0, 0.05) is 12.1 Å². The van der Waals surface area contributed by atoms with Gasteiger partial charge in [0.2, 0.25) is 5.91 Å². The van der Waals surface area contributed by atoms with Crippen LogP contribution in [0.5, 0.6) is 0 Å². The number of carbonyl (C=O) groups is 1. The molecular weight excluding hydrogens is 286 g/mol. The molecule has 0 bridgehead atoms. The van der Waals surface area contributed by atoms with Gasteiger partial charge in [0.25, 0.3) is 0 Å². The number of piperidine rings is 1. The van der Waals surface area contributed by atoms with E-state index in [1.165, 1.54) is 5.56 Å². The molecule has 2 rings (SSSR count). The van der Waals surface area contributed by atoms with Crippen LogP contribution in [-0.2, 0) is 11.2 Å². The Hall–Kier alpha value is -1.39. The number of rotatable bonds is 7. The van der Waals surface area contributed by atoms with Gasteiger partial charge in [-0.25, -0.2) is 0 Å². The Morgan fingerprint density at radius 3 is 2.61 bits per heavy atom. The molecule has 1 aromatic rings. The molecule has 1 saturated heterocycles. The zero-order chi connectivity index (χ0) is 16.7. The first kappa shape index (κ1) is 18.0. The summed E-state index contributed by atoms with van der Waals surface area (Å²) in [6.07, 6.45) is 4.30. The Morgan fingerprint density at radius 2 is 1.96 bits per heavy atom. The quantitative estimate of drug-likeness (QED) is 0.837. The maximum absolute atomic E-state index is 12.2. The summed E-state index contributed by atoms with van der Waals surface area (Å²) >= 11 is 0. The first-order valence-electron chi connectivity index (χ1n) is 8.76. The van der Waals surface area contributed by atoms with Gasteiger partial charge in [-0.05, 0) is 65.4 Å². The summed E-state index contributed by atoms with van der Waals surface area (Å²) in [7, 11) is 4.24. The Morgan fingerprint density at radius 1 is 1.30 bits per heavy atom. The molecular formula is C19H31N3O. The zero-order valence-corrected chi connectivity index (χ0v) is 14.8. The average Bonchev–Trinajstić information content (AvgIpc) is 2.54. The van der Waals surface area contributed by atoms with Crippen LogP contribution in [0.2, 0.25) is 0 Å². The number of likely N-dealkylation sites (N-methyl/N-ethyl adjacent to an activating group) is 1. The Labute approximate surface area is 140 Å². The van der Waals surface area contributed by atoms with Gasteiger partial charge in [0.05, 0.1) is 6.54 Å². The van der Waals surface area contributed by atoms with Crippen LogP contribution in [0.3, 0.4) is 0 Å². The van der Waals surface area contributed by atoms with Gasteiger partial charge in [-0.2, -0.15) is 0 Å². The molecule has 1 fully saturated rings. The van der Waals surface area contributed by atoms with Crippen molar-refractivity contribution in [3.63, 3.8) is 0 Å². The maximum atomic E-state index is 12.2. The summed E-state index contributed by atoms with van der Waals surface area (Å²) in [6, 6.07) is 11.2. The molecule has 4 nitrogen and oxygen atoms in total. The minimum Gasteiger partial charge on any atom is -0.353 e. The summed E-state index contributed by atoms with van der Waals surface area (Å²) in [6.45, 7) is 4.86. The standard InChI is InChI=1S/C19H31N3O/c1-16(9-10-17-7-5-4-6-8-17)20-19(23)15-22(3)18-11-13-21(2)14-12-18/h4-8,16,18H,9-15H2,1-3H3,(H,20,23). The number of likely N-dealkylation sites (tertiary alicyclic amines) is 1. The minimum absolute atomic E-state index is 0.145. The van der Waals surface area contributed by atoms with Gasteiger partial charge >= 0.3 is 0 Å². The highest BCUT2D eigenvalue weighted by Crippen LogP contribution is 2.13. The third kappa shape index (κ3) is 6.32. The van der Waals surface area contributed by atoms with E-state index >= 15 is 0 Å². The molecule has 1 heterocycles. The van der Waals surface area contributed by atoms with E-state index in [-0.39, 0.29) is 11.9 Å². The number of aryl methyl sites for hydroxylation is 1. The lowest BCUT2D eigenvalue weighted by Crippen LogP contribution is -2.47. The van der Waals surface area contributed by atoms with Crippen LogP contribution in [0.25, 0.3) is 0 Å². The van der Waals surface area contributed by atoms with Gasteiger partial charge < -0.3 is 10.2 Å². The molecule has 1 N–H and O–H groups in total. The number of hydrogen-bond acceptors (Lipinski definition) is 3. The lowest BCUT2D eigenvalue weighted by Gasteiger charge is -2.34. The van der Waals surface area contributed by atoms with E-state index in [2.05, 4.69) is 60.4 Å². The highest BCUT2D eigenvalue weighted by atomic mass is 16.2. The van der Waals surface area contributed by atoms with Crippen molar-refractivity contribution in [2.45, 2.75) is 44.7 Å². The predicted molar refractivity (Wildman–Crippen MR) is 95.5 cm³/mol. The van der Waals surface area contributed by atoms with E-state index in [1.54, 1.807) is 0 Å². The molecule has 4 heteroatoms. The van der Waals surface area contributed by atoms with E-state index < -0.39 is 0 Å². The van der Waals surface area contributed by atoms with Gasteiger partial charge in [-0.3, -0.25) is 9.69 Å². The van der Waals surface area contributed by atoms with Crippen molar-refractivity contribution in [1.29, 1.82) is 0 Å². The first-order chi connectivity index (χ1) is 11.0. The number of hydrogen-bond donors (Lipinski definition) is 1. The highest BCUT2D eigenvalue weighted by Gasteiger charge is 2.22. The number of carbonyl (C=O) groups excluding carboxylic acids is 1. The monoisotopic (exact) mass is 317 g/mol. The number of benzene rings is 1. The third-order valence-electron chi connectivity index (χ3n) is 4.82. The number of nitrogens with zero attached hydrogens (tertiary/aromatic N) is 2. The molecule has 0 aliphatic carbocycles. The van der Waals surface area contributed by atoms with Crippen LogP contribution in [0.4, 0.5) is 0 Å². The van der Waals surface area contributed by atoms with E-state index in [1.807, 2.05) is 6.07 Å². The van der Waals surface area contributed by atoms with Crippen LogP contribution in [0.1, 0.15) is 31.7 Å². The van der Waals surface area contributed by atoms with Crippen LogP contribution in [-0.4, -0.2) is 61.5 Å². The second-order valence-corrected chi connectivity index (χ2v) is 6.94. The van der Waals surface area contributed by atoms with Crippen molar-refractivity contribution >= 4 is 5.91 Å². The molecule has 0 aromatic heterocycles. The lowest BCUT2D eigenvalue weighted by atomic mass is 10.0.